The fourth-order valence-corrected chi connectivity index (χ4v) is 3.30. The molecule has 0 aromatic carbocycles. The van der Waals surface area contributed by atoms with Crippen LogP contribution >= 0.6 is 11.6 Å². The Morgan fingerprint density at radius 3 is 2.79 bits per heavy atom. The molecule has 0 radical (unpaired) electrons. The van der Waals surface area contributed by atoms with E-state index < -0.39 is 17.8 Å². The van der Waals surface area contributed by atoms with E-state index in [1.165, 1.54) is 10.9 Å². The van der Waals surface area contributed by atoms with Crippen LogP contribution in [0, 0.1) is 11.8 Å². The molecule has 2 aromatic heterocycles. The maximum absolute atomic E-state index is 12.4. The number of carbonyl (C=O) groups is 2. The Bertz CT molecular complexity index is 755. The lowest BCUT2D eigenvalue weighted by atomic mass is 9.90. The predicted molar refractivity (Wildman–Crippen MR) is 88.1 cm³/mol. The number of amides is 1. The van der Waals surface area contributed by atoms with Crippen LogP contribution in [0.15, 0.2) is 30.7 Å². The van der Waals surface area contributed by atoms with Crippen LogP contribution in [-0.2, 0) is 9.59 Å². The zero-order valence-corrected chi connectivity index (χ0v) is 13.6. The molecule has 24 heavy (non-hydrogen) atoms. The number of anilines is 1. The van der Waals surface area contributed by atoms with Gasteiger partial charge in [0.15, 0.2) is 5.82 Å². The maximum Gasteiger partial charge on any atom is 0.316 e. The Hall–Kier alpha value is -2.41. The minimum absolute atomic E-state index is 0.109. The van der Waals surface area contributed by atoms with Gasteiger partial charge in [-0.15, -0.1) is 0 Å². The van der Waals surface area contributed by atoms with Gasteiger partial charge in [-0.05, 0) is 30.9 Å². The van der Waals surface area contributed by atoms with Gasteiger partial charge in [0.2, 0.25) is 5.91 Å². The van der Waals surface area contributed by atoms with Gasteiger partial charge >= 0.3 is 5.97 Å². The third-order valence-corrected chi connectivity index (χ3v) is 4.52. The summed E-state index contributed by atoms with van der Waals surface area (Å²) in [7, 11) is 0. The van der Waals surface area contributed by atoms with E-state index in [-0.39, 0.29) is 5.92 Å². The van der Waals surface area contributed by atoms with Crippen molar-refractivity contribution in [3.8, 4) is 5.82 Å². The summed E-state index contributed by atoms with van der Waals surface area (Å²) in [6.07, 6.45) is 8.06. The molecule has 7 nitrogen and oxygen atoms in total. The molecule has 2 aromatic rings. The largest absolute Gasteiger partial charge is 0.481 e. The van der Waals surface area contributed by atoms with Gasteiger partial charge in [-0.25, -0.2) is 9.67 Å². The highest BCUT2D eigenvalue weighted by Gasteiger charge is 2.36. The van der Waals surface area contributed by atoms with Crippen molar-refractivity contribution in [2.45, 2.75) is 25.7 Å². The molecule has 0 aliphatic heterocycles. The van der Waals surface area contributed by atoms with Crippen molar-refractivity contribution in [1.82, 2.24) is 14.8 Å². The van der Waals surface area contributed by atoms with Crippen LogP contribution in [0.2, 0.25) is 5.02 Å². The van der Waals surface area contributed by atoms with Crippen molar-refractivity contribution in [3.05, 3.63) is 35.7 Å². The molecule has 3 rings (SSSR count). The number of pyridine rings is 1. The summed E-state index contributed by atoms with van der Waals surface area (Å²) >= 11 is 6.06. The average molecular weight is 349 g/mol. The summed E-state index contributed by atoms with van der Waals surface area (Å²) in [6.45, 7) is 0. The summed E-state index contributed by atoms with van der Waals surface area (Å²) in [6, 6.07) is 3.39. The van der Waals surface area contributed by atoms with Crippen molar-refractivity contribution in [3.63, 3.8) is 0 Å². The SMILES string of the molecule is O=C(O)C(C(=O)Nc1cnn(-c2ncccc2Cl)c1)C1CCCC1. The molecular formula is C16H17ClN4O3. The van der Waals surface area contributed by atoms with E-state index in [1.54, 1.807) is 24.5 Å². The average Bonchev–Trinajstić information content (AvgIpc) is 3.20. The molecule has 1 aliphatic rings. The first-order chi connectivity index (χ1) is 11.6. The molecule has 2 heterocycles. The molecule has 1 amide bonds. The van der Waals surface area contributed by atoms with Crippen LogP contribution in [0.5, 0.6) is 0 Å². The summed E-state index contributed by atoms with van der Waals surface area (Å²) in [5, 5.41) is 16.6. The normalized spacial score (nSPS) is 16.0. The molecule has 0 bridgehead atoms. The van der Waals surface area contributed by atoms with E-state index in [2.05, 4.69) is 15.4 Å². The van der Waals surface area contributed by atoms with Gasteiger partial charge in [0.25, 0.3) is 0 Å². The lowest BCUT2D eigenvalue weighted by Crippen LogP contribution is -2.34. The third kappa shape index (κ3) is 3.41. The molecule has 8 heteroatoms. The number of hydrogen-bond donors (Lipinski definition) is 2. The summed E-state index contributed by atoms with van der Waals surface area (Å²) < 4.78 is 1.43. The minimum atomic E-state index is -1.08. The topological polar surface area (TPSA) is 97.1 Å². The number of carboxylic acid groups (broad SMARTS) is 1. The number of nitrogens with one attached hydrogen (secondary N) is 1. The fraction of sp³-hybridized carbons (Fsp3) is 0.375. The van der Waals surface area contributed by atoms with Gasteiger partial charge in [0.1, 0.15) is 5.92 Å². The van der Waals surface area contributed by atoms with Crippen LogP contribution in [0.25, 0.3) is 5.82 Å². The number of carbonyl (C=O) groups excluding carboxylic acids is 1. The molecule has 1 unspecified atom stereocenters. The fourth-order valence-electron chi connectivity index (χ4n) is 3.09. The van der Waals surface area contributed by atoms with E-state index in [9.17, 15) is 14.7 Å². The van der Waals surface area contributed by atoms with Crippen LogP contribution in [0.3, 0.4) is 0 Å². The van der Waals surface area contributed by atoms with Crippen molar-refractivity contribution < 1.29 is 14.7 Å². The quantitative estimate of drug-likeness (QED) is 0.810. The zero-order chi connectivity index (χ0) is 17.1. The van der Waals surface area contributed by atoms with Crippen LogP contribution in [0.4, 0.5) is 5.69 Å². The van der Waals surface area contributed by atoms with Gasteiger partial charge in [0, 0.05) is 6.20 Å². The second-order valence-electron chi connectivity index (χ2n) is 5.83. The highest BCUT2D eigenvalue weighted by atomic mass is 35.5. The Morgan fingerprint density at radius 1 is 1.38 bits per heavy atom. The second-order valence-corrected chi connectivity index (χ2v) is 6.24. The first-order valence-corrected chi connectivity index (χ1v) is 8.13. The number of carboxylic acids is 1. The highest BCUT2D eigenvalue weighted by Crippen LogP contribution is 2.32. The predicted octanol–water partition coefficient (Wildman–Crippen LogP) is 2.75. The lowest BCUT2D eigenvalue weighted by molar-refractivity contribution is -0.147. The smallest absolute Gasteiger partial charge is 0.316 e. The van der Waals surface area contributed by atoms with E-state index in [1.807, 2.05) is 0 Å². The van der Waals surface area contributed by atoms with Crippen molar-refractivity contribution >= 4 is 29.2 Å². The van der Waals surface area contributed by atoms with Gasteiger partial charge in [0.05, 0.1) is 23.1 Å². The van der Waals surface area contributed by atoms with Crippen molar-refractivity contribution in [1.29, 1.82) is 0 Å². The standard InChI is InChI=1S/C16H17ClN4O3/c17-12-6-3-7-18-14(12)21-9-11(8-19-21)20-15(22)13(16(23)24)10-4-1-2-5-10/h3,6-10,13H,1-2,4-5H2,(H,20,22)(H,23,24). The molecule has 126 valence electrons. The highest BCUT2D eigenvalue weighted by molar-refractivity contribution is 6.32. The number of aliphatic carboxylic acids is 1. The number of nitrogens with zero attached hydrogens (tertiary/aromatic N) is 3. The molecule has 0 saturated heterocycles. The number of halogens is 1. The molecule has 1 atom stereocenters. The summed E-state index contributed by atoms with van der Waals surface area (Å²) in [5.41, 5.74) is 0.408. The van der Waals surface area contributed by atoms with Crippen LogP contribution in [-0.4, -0.2) is 31.7 Å². The van der Waals surface area contributed by atoms with Crippen LogP contribution < -0.4 is 5.32 Å². The summed E-state index contributed by atoms with van der Waals surface area (Å²) in [4.78, 5) is 28.0. The van der Waals surface area contributed by atoms with E-state index >= 15 is 0 Å². The Kier molecular flexibility index (Phi) is 4.80. The second kappa shape index (κ2) is 7.00. The monoisotopic (exact) mass is 348 g/mol. The van der Waals surface area contributed by atoms with Gasteiger partial charge in [-0.1, -0.05) is 24.4 Å². The number of hydrogen-bond acceptors (Lipinski definition) is 4. The molecule has 0 spiro atoms. The van der Waals surface area contributed by atoms with Crippen molar-refractivity contribution in [2.75, 3.05) is 5.32 Å². The van der Waals surface area contributed by atoms with Crippen molar-refractivity contribution in [2.24, 2.45) is 11.8 Å². The zero-order valence-electron chi connectivity index (χ0n) is 12.9. The molecule has 1 saturated carbocycles. The molecule has 1 fully saturated rings. The Morgan fingerprint density at radius 2 is 2.12 bits per heavy atom. The first kappa shape index (κ1) is 16.4. The van der Waals surface area contributed by atoms with E-state index in [0.29, 0.717) is 16.5 Å². The van der Waals surface area contributed by atoms with Gasteiger partial charge in [-0.3, -0.25) is 9.59 Å². The lowest BCUT2D eigenvalue weighted by Gasteiger charge is -2.17. The molecule has 1 aliphatic carbocycles. The number of rotatable bonds is 5. The number of aromatic nitrogens is 3. The van der Waals surface area contributed by atoms with Crippen LogP contribution in [0.1, 0.15) is 25.7 Å². The molecular weight excluding hydrogens is 332 g/mol. The first-order valence-electron chi connectivity index (χ1n) is 7.75. The minimum Gasteiger partial charge on any atom is -0.481 e. The Labute approximate surface area is 143 Å². The van der Waals surface area contributed by atoms with E-state index in [4.69, 9.17) is 11.6 Å². The summed E-state index contributed by atoms with van der Waals surface area (Å²) in [5.74, 6) is -2.30. The van der Waals surface area contributed by atoms with E-state index in [0.717, 1.165) is 25.7 Å². The Balaban J connectivity index is 1.75. The third-order valence-electron chi connectivity index (χ3n) is 4.23. The maximum atomic E-state index is 12.4. The molecule has 2 N–H and O–H groups in total. The van der Waals surface area contributed by atoms with Gasteiger partial charge < -0.3 is 10.4 Å². The van der Waals surface area contributed by atoms with Gasteiger partial charge in [-0.2, -0.15) is 5.10 Å².